The molecule has 0 bridgehead atoms. The smallest absolute Gasteiger partial charge is 0.234 e. The average molecular weight is 213 g/mol. The summed E-state index contributed by atoms with van der Waals surface area (Å²) in [5.41, 5.74) is 0. The second kappa shape index (κ2) is 6.80. The first-order chi connectivity index (χ1) is 7.22. The van der Waals surface area contributed by atoms with Gasteiger partial charge in [0.1, 0.15) is 0 Å². The fraction of sp³-hybridized carbons (Fsp3) is 0.909. The number of hydrogen-bond donors (Lipinski definition) is 2. The Hall–Kier alpha value is -0.610. The van der Waals surface area contributed by atoms with Crippen molar-refractivity contribution in [1.29, 1.82) is 0 Å². The molecule has 0 radical (unpaired) electrons. The molecule has 15 heavy (non-hydrogen) atoms. The van der Waals surface area contributed by atoms with Gasteiger partial charge in [0.05, 0.1) is 6.54 Å². The van der Waals surface area contributed by atoms with Gasteiger partial charge in [0.25, 0.3) is 0 Å². The lowest BCUT2D eigenvalue weighted by molar-refractivity contribution is -0.122. The third kappa shape index (κ3) is 5.14. The Morgan fingerprint density at radius 1 is 1.47 bits per heavy atom. The molecule has 0 aliphatic carbocycles. The fourth-order valence-corrected chi connectivity index (χ4v) is 1.56. The molecule has 1 aliphatic heterocycles. The number of carbonyl (C=O) groups is 1. The van der Waals surface area contributed by atoms with Gasteiger partial charge in [-0.05, 0) is 5.92 Å². The van der Waals surface area contributed by atoms with E-state index in [1.165, 1.54) is 0 Å². The van der Waals surface area contributed by atoms with Crippen LogP contribution in [-0.2, 0) is 4.79 Å². The van der Waals surface area contributed by atoms with Crippen molar-refractivity contribution in [1.82, 2.24) is 15.5 Å². The van der Waals surface area contributed by atoms with Gasteiger partial charge in [0.15, 0.2) is 0 Å². The van der Waals surface area contributed by atoms with Gasteiger partial charge in [-0.2, -0.15) is 0 Å². The number of rotatable bonds is 5. The summed E-state index contributed by atoms with van der Waals surface area (Å²) in [6, 6.07) is 0. The molecule has 0 aromatic carbocycles. The molecule has 1 aliphatic rings. The number of piperazine rings is 1. The minimum Gasteiger partial charge on any atom is -0.355 e. The predicted octanol–water partition coefficient (Wildman–Crippen LogP) is 0.0539. The minimum atomic E-state index is 0.164. The van der Waals surface area contributed by atoms with Crippen molar-refractivity contribution in [2.75, 3.05) is 39.3 Å². The maximum absolute atomic E-state index is 11.6. The van der Waals surface area contributed by atoms with Crippen LogP contribution < -0.4 is 10.6 Å². The first kappa shape index (κ1) is 12.5. The lowest BCUT2D eigenvalue weighted by Gasteiger charge is -2.26. The van der Waals surface area contributed by atoms with Crippen LogP contribution in [0.15, 0.2) is 0 Å². The molecule has 1 heterocycles. The highest BCUT2D eigenvalue weighted by molar-refractivity contribution is 5.78. The normalized spacial score (nSPS) is 19.9. The first-order valence-electron chi connectivity index (χ1n) is 5.92. The van der Waals surface area contributed by atoms with Gasteiger partial charge in [-0.1, -0.05) is 20.3 Å². The molecule has 1 rings (SSSR count). The number of carbonyl (C=O) groups excluding carboxylic acids is 1. The largest absolute Gasteiger partial charge is 0.355 e. The third-order valence-electron chi connectivity index (χ3n) is 2.92. The molecule has 1 fully saturated rings. The van der Waals surface area contributed by atoms with Gasteiger partial charge in [-0.3, -0.25) is 9.69 Å². The van der Waals surface area contributed by atoms with Crippen molar-refractivity contribution in [3.05, 3.63) is 0 Å². The van der Waals surface area contributed by atoms with Crippen LogP contribution in [0, 0.1) is 5.92 Å². The van der Waals surface area contributed by atoms with Crippen LogP contribution >= 0.6 is 0 Å². The summed E-state index contributed by atoms with van der Waals surface area (Å²) in [5.74, 6) is 0.745. The van der Waals surface area contributed by atoms with E-state index < -0.39 is 0 Å². The van der Waals surface area contributed by atoms with E-state index in [4.69, 9.17) is 0 Å². The maximum atomic E-state index is 11.6. The van der Waals surface area contributed by atoms with E-state index in [2.05, 4.69) is 29.4 Å². The SMILES string of the molecule is CCC(C)CNC(=O)CN1CCNCC1. The zero-order chi connectivity index (χ0) is 11.1. The summed E-state index contributed by atoms with van der Waals surface area (Å²) in [4.78, 5) is 13.8. The highest BCUT2D eigenvalue weighted by atomic mass is 16.2. The highest BCUT2D eigenvalue weighted by Crippen LogP contribution is 1.97. The van der Waals surface area contributed by atoms with Crippen molar-refractivity contribution in [3.8, 4) is 0 Å². The zero-order valence-corrected chi connectivity index (χ0v) is 9.88. The summed E-state index contributed by atoms with van der Waals surface area (Å²) >= 11 is 0. The molecule has 4 nitrogen and oxygen atoms in total. The van der Waals surface area contributed by atoms with Gasteiger partial charge in [0, 0.05) is 32.7 Å². The van der Waals surface area contributed by atoms with Crippen LogP contribution in [0.2, 0.25) is 0 Å². The van der Waals surface area contributed by atoms with Gasteiger partial charge >= 0.3 is 0 Å². The molecular weight excluding hydrogens is 190 g/mol. The molecule has 1 unspecified atom stereocenters. The number of nitrogens with one attached hydrogen (secondary N) is 2. The second-order valence-electron chi connectivity index (χ2n) is 4.34. The van der Waals surface area contributed by atoms with Gasteiger partial charge in [0.2, 0.25) is 5.91 Å². The monoisotopic (exact) mass is 213 g/mol. The number of hydrogen-bond acceptors (Lipinski definition) is 3. The lowest BCUT2D eigenvalue weighted by Crippen LogP contribution is -2.47. The fourth-order valence-electron chi connectivity index (χ4n) is 1.56. The number of nitrogens with zero attached hydrogens (tertiary/aromatic N) is 1. The Morgan fingerprint density at radius 3 is 2.73 bits per heavy atom. The van der Waals surface area contributed by atoms with E-state index in [9.17, 15) is 4.79 Å². The Balaban J connectivity index is 2.11. The van der Waals surface area contributed by atoms with Crippen LogP contribution in [0.3, 0.4) is 0 Å². The molecule has 0 aromatic rings. The van der Waals surface area contributed by atoms with Gasteiger partial charge < -0.3 is 10.6 Å². The van der Waals surface area contributed by atoms with E-state index in [1.807, 2.05) is 0 Å². The molecule has 88 valence electrons. The van der Waals surface area contributed by atoms with E-state index in [-0.39, 0.29) is 5.91 Å². The molecule has 0 saturated carbocycles. The van der Waals surface area contributed by atoms with Crippen LogP contribution in [0.4, 0.5) is 0 Å². The van der Waals surface area contributed by atoms with Crippen LogP contribution in [-0.4, -0.2) is 50.1 Å². The molecule has 0 spiro atoms. The topological polar surface area (TPSA) is 44.4 Å². The lowest BCUT2D eigenvalue weighted by atomic mass is 10.1. The summed E-state index contributed by atoms with van der Waals surface area (Å²) < 4.78 is 0. The van der Waals surface area contributed by atoms with Crippen molar-refractivity contribution in [3.63, 3.8) is 0 Å². The summed E-state index contributed by atoms with van der Waals surface area (Å²) in [6.07, 6.45) is 1.12. The van der Waals surface area contributed by atoms with E-state index >= 15 is 0 Å². The molecule has 4 heteroatoms. The van der Waals surface area contributed by atoms with E-state index in [1.54, 1.807) is 0 Å². The van der Waals surface area contributed by atoms with Crippen LogP contribution in [0.5, 0.6) is 0 Å². The van der Waals surface area contributed by atoms with Crippen LogP contribution in [0.1, 0.15) is 20.3 Å². The van der Waals surface area contributed by atoms with E-state index in [0.29, 0.717) is 12.5 Å². The third-order valence-corrected chi connectivity index (χ3v) is 2.92. The Kier molecular flexibility index (Phi) is 5.65. The minimum absolute atomic E-state index is 0.164. The molecule has 2 N–H and O–H groups in total. The Labute approximate surface area is 92.4 Å². The molecule has 0 aromatic heterocycles. The molecule has 1 saturated heterocycles. The van der Waals surface area contributed by atoms with Gasteiger partial charge in [-0.25, -0.2) is 0 Å². The van der Waals surface area contributed by atoms with Crippen LogP contribution in [0.25, 0.3) is 0 Å². The molecule has 1 atom stereocenters. The van der Waals surface area contributed by atoms with Crippen molar-refractivity contribution in [2.45, 2.75) is 20.3 Å². The molecule has 1 amide bonds. The van der Waals surface area contributed by atoms with Crippen molar-refractivity contribution < 1.29 is 4.79 Å². The maximum Gasteiger partial charge on any atom is 0.234 e. The Bertz CT molecular complexity index is 190. The standard InChI is InChI=1S/C11H23N3O/c1-3-10(2)8-13-11(15)9-14-6-4-12-5-7-14/h10,12H,3-9H2,1-2H3,(H,13,15). The van der Waals surface area contributed by atoms with Crippen molar-refractivity contribution in [2.24, 2.45) is 5.92 Å². The zero-order valence-electron chi connectivity index (χ0n) is 9.88. The molecular formula is C11H23N3O. The quantitative estimate of drug-likeness (QED) is 0.678. The number of amides is 1. The average Bonchev–Trinajstić information content (AvgIpc) is 2.27. The van der Waals surface area contributed by atoms with E-state index in [0.717, 1.165) is 39.1 Å². The summed E-state index contributed by atoms with van der Waals surface area (Å²) in [5, 5.41) is 6.25. The first-order valence-corrected chi connectivity index (χ1v) is 5.92. The summed E-state index contributed by atoms with van der Waals surface area (Å²) in [6.45, 7) is 9.63. The highest BCUT2D eigenvalue weighted by Gasteiger charge is 2.13. The van der Waals surface area contributed by atoms with Gasteiger partial charge in [-0.15, -0.1) is 0 Å². The Morgan fingerprint density at radius 2 is 2.13 bits per heavy atom. The predicted molar refractivity (Wildman–Crippen MR) is 61.8 cm³/mol. The summed E-state index contributed by atoms with van der Waals surface area (Å²) in [7, 11) is 0. The van der Waals surface area contributed by atoms with Crippen molar-refractivity contribution >= 4 is 5.91 Å². The second-order valence-corrected chi connectivity index (χ2v) is 4.34.